The molecule has 4 aliphatic rings. The van der Waals surface area contributed by atoms with Gasteiger partial charge in [-0.05, 0) is 64.9 Å². The first-order valence-electron chi connectivity index (χ1n) is 17.7. The van der Waals surface area contributed by atoms with Gasteiger partial charge in [-0.2, -0.15) is 0 Å². The minimum atomic E-state index is -1.49. The lowest BCUT2D eigenvalue weighted by molar-refractivity contribution is -0.384. The van der Waals surface area contributed by atoms with Gasteiger partial charge in [0.15, 0.2) is 11.6 Å². The number of anilines is 1. The summed E-state index contributed by atoms with van der Waals surface area (Å²) in [6, 6.07) is 34.7. The molecule has 9 nitrogen and oxygen atoms in total. The highest BCUT2D eigenvalue weighted by Crippen LogP contribution is 2.65. The lowest BCUT2D eigenvalue weighted by atomic mass is 9.44. The number of phenolic OH excluding ortho intramolecular Hbond substituents is 1. The van der Waals surface area contributed by atoms with Gasteiger partial charge in [0.25, 0.3) is 5.69 Å². The number of hydrogen-bond donors (Lipinski definition) is 1. The van der Waals surface area contributed by atoms with Crippen molar-refractivity contribution in [1.82, 2.24) is 0 Å². The summed E-state index contributed by atoms with van der Waals surface area (Å²) in [7, 11) is 0. The van der Waals surface area contributed by atoms with Crippen LogP contribution in [0.5, 0.6) is 5.75 Å². The smallest absolute Gasteiger partial charge is 0.269 e. The molecule has 0 radical (unpaired) electrons. The molecule has 2 fully saturated rings. The van der Waals surface area contributed by atoms with Crippen molar-refractivity contribution in [2.45, 2.75) is 24.2 Å². The maximum absolute atomic E-state index is 15.3. The molecule has 1 aliphatic heterocycles. The van der Waals surface area contributed by atoms with Gasteiger partial charge in [0, 0.05) is 35.1 Å². The van der Waals surface area contributed by atoms with Crippen LogP contribution < -0.4 is 4.90 Å². The van der Waals surface area contributed by atoms with E-state index in [0.717, 1.165) is 21.2 Å². The Labute approximate surface area is 304 Å². The number of non-ortho nitro benzene ring substituents is 1. The summed E-state index contributed by atoms with van der Waals surface area (Å²) in [4.78, 5) is 71.2. The van der Waals surface area contributed by atoms with Crippen molar-refractivity contribution < 1.29 is 29.2 Å². The Morgan fingerprint density at radius 3 is 2.15 bits per heavy atom. The summed E-state index contributed by atoms with van der Waals surface area (Å²) in [6.45, 7) is 0. The highest BCUT2D eigenvalue weighted by molar-refractivity contribution is 6.32. The van der Waals surface area contributed by atoms with Crippen LogP contribution >= 0.6 is 0 Å². The van der Waals surface area contributed by atoms with E-state index < -0.39 is 51.7 Å². The fourth-order valence-corrected chi connectivity index (χ4v) is 9.75. The highest BCUT2D eigenvalue weighted by Gasteiger charge is 2.66. The maximum atomic E-state index is 15.3. The first-order valence-corrected chi connectivity index (χ1v) is 17.7. The van der Waals surface area contributed by atoms with Crippen LogP contribution in [0.3, 0.4) is 0 Å². The Morgan fingerprint density at radius 1 is 0.755 bits per heavy atom. The second kappa shape index (κ2) is 12.1. The Balaban J connectivity index is 1.29. The van der Waals surface area contributed by atoms with Gasteiger partial charge in [-0.1, -0.05) is 103 Å². The number of carbonyl (C=O) groups excluding carboxylic acids is 4. The average molecular weight is 701 g/mol. The van der Waals surface area contributed by atoms with Gasteiger partial charge >= 0.3 is 0 Å². The van der Waals surface area contributed by atoms with Crippen LogP contribution in [0.15, 0.2) is 139 Å². The number of nitrogens with zero attached hydrogens (tertiary/aromatic N) is 2. The van der Waals surface area contributed by atoms with Gasteiger partial charge in [-0.25, -0.2) is 0 Å². The molecule has 0 aromatic heterocycles. The van der Waals surface area contributed by atoms with E-state index in [2.05, 4.69) is 0 Å². The Hall–Kier alpha value is -6.48. The predicted octanol–water partition coefficient (Wildman–Crippen LogP) is 7.48. The number of allylic oxidation sites excluding steroid dienone is 4. The molecule has 9 rings (SSSR count). The number of amides is 2. The van der Waals surface area contributed by atoms with Crippen molar-refractivity contribution in [1.29, 1.82) is 0 Å². The second-order valence-electron chi connectivity index (χ2n) is 14.3. The van der Waals surface area contributed by atoms with Crippen LogP contribution in [0.4, 0.5) is 11.4 Å². The molecule has 0 spiro atoms. The molecular formula is C44H32N2O7. The third-order valence-corrected chi connectivity index (χ3v) is 11.9. The predicted molar refractivity (Wildman–Crippen MR) is 198 cm³/mol. The van der Waals surface area contributed by atoms with Crippen molar-refractivity contribution in [2.24, 2.45) is 23.7 Å². The third kappa shape index (κ3) is 4.63. The first kappa shape index (κ1) is 32.4. The number of benzene rings is 5. The largest absolute Gasteiger partial charge is 0.508 e. The van der Waals surface area contributed by atoms with E-state index in [1.54, 1.807) is 18.2 Å². The number of fused-ring (bicyclic) bond motifs is 5. The average Bonchev–Trinajstić information content (AvgIpc) is 3.45. The Bertz CT molecular complexity index is 2450. The van der Waals surface area contributed by atoms with Crippen LogP contribution in [0, 0.1) is 33.8 Å². The molecular weight excluding hydrogens is 668 g/mol. The number of rotatable bonds is 5. The van der Waals surface area contributed by atoms with Gasteiger partial charge in [0.2, 0.25) is 11.8 Å². The van der Waals surface area contributed by atoms with Crippen LogP contribution in [0.1, 0.15) is 35.4 Å². The lowest BCUT2D eigenvalue weighted by Gasteiger charge is -2.55. The van der Waals surface area contributed by atoms with Crippen LogP contribution in [-0.4, -0.2) is 33.4 Å². The molecule has 5 aromatic carbocycles. The number of ketones is 2. The van der Waals surface area contributed by atoms with E-state index in [9.17, 15) is 24.8 Å². The minimum Gasteiger partial charge on any atom is -0.508 e. The number of imide groups is 1. The van der Waals surface area contributed by atoms with E-state index >= 15 is 9.59 Å². The SMILES string of the molecule is O=C1C(c2ccccc2)=CC(=O)[C@@]2(c3ccccc3)[C@@H](c3c(O)ccc4ccccc34)C3=CC[C@@H]4C(=O)N(c5ccc([N+](=O)[O-])cc5)C(=O)[C@@H]4[C@@H]3C[C@@H]12. The molecule has 3 aliphatic carbocycles. The summed E-state index contributed by atoms with van der Waals surface area (Å²) < 4.78 is 0. The summed E-state index contributed by atoms with van der Waals surface area (Å²) >= 11 is 0. The van der Waals surface area contributed by atoms with E-state index in [4.69, 9.17) is 0 Å². The third-order valence-electron chi connectivity index (χ3n) is 11.9. The topological polar surface area (TPSA) is 135 Å². The van der Waals surface area contributed by atoms with Crippen LogP contribution in [0.25, 0.3) is 16.3 Å². The number of hydrogen-bond acceptors (Lipinski definition) is 7. The van der Waals surface area contributed by atoms with Gasteiger partial charge < -0.3 is 5.11 Å². The zero-order chi connectivity index (χ0) is 36.6. The van der Waals surface area contributed by atoms with E-state index in [1.807, 2.05) is 84.9 Å². The van der Waals surface area contributed by atoms with Crippen molar-refractivity contribution in [3.63, 3.8) is 0 Å². The molecule has 1 N–H and O–H groups in total. The Kier molecular flexibility index (Phi) is 7.37. The number of phenols is 1. The molecule has 5 aromatic rings. The quantitative estimate of drug-likeness (QED) is 0.0869. The first-order chi connectivity index (χ1) is 25.7. The van der Waals surface area contributed by atoms with Crippen LogP contribution in [-0.2, 0) is 24.6 Å². The summed E-state index contributed by atoms with van der Waals surface area (Å²) in [5, 5.41) is 24.8. The zero-order valence-electron chi connectivity index (χ0n) is 28.3. The van der Waals surface area contributed by atoms with Gasteiger partial charge in [-0.3, -0.25) is 34.2 Å². The number of carbonyl (C=O) groups is 4. The molecule has 0 bridgehead atoms. The van der Waals surface area contributed by atoms with Crippen molar-refractivity contribution >= 4 is 51.1 Å². The monoisotopic (exact) mass is 700 g/mol. The van der Waals surface area contributed by atoms with E-state index in [-0.39, 0.29) is 47.1 Å². The fourth-order valence-electron chi connectivity index (χ4n) is 9.75. The molecule has 260 valence electrons. The van der Waals surface area contributed by atoms with E-state index in [1.165, 1.54) is 30.3 Å². The van der Waals surface area contributed by atoms with Gasteiger partial charge in [0.1, 0.15) is 5.75 Å². The van der Waals surface area contributed by atoms with Gasteiger partial charge in [-0.15, -0.1) is 0 Å². The molecule has 1 heterocycles. The van der Waals surface area contributed by atoms with Crippen molar-refractivity contribution in [3.8, 4) is 5.75 Å². The fraction of sp³-hybridized carbons (Fsp3) is 0.182. The number of Topliss-reactive ketones (excluding diaryl/α,β-unsaturated/α-hetero) is 1. The highest BCUT2D eigenvalue weighted by atomic mass is 16.6. The molecule has 1 saturated carbocycles. The lowest BCUT2D eigenvalue weighted by Crippen LogP contribution is -2.58. The van der Waals surface area contributed by atoms with Crippen molar-refractivity contribution in [2.75, 3.05) is 4.90 Å². The number of nitro benzene ring substituents is 1. The second-order valence-corrected chi connectivity index (χ2v) is 14.3. The molecule has 53 heavy (non-hydrogen) atoms. The molecule has 0 unspecified atom stereocenters. The zero-order valence-corrected chi connectivity index (χ0v) is 28.3. The minimum absolute atomic E-state index is 0.0363. The molecule has 6 atom stereocenters. The Morgan fingerprint density at radius 2 is 1.43 bits per heavy atom. The normalized spacial score (nSPS) is 26.4. The van der Waals surface area contributed by atoms with E-state index in [0.29, 0.717) is 16.7 Å². The summed E-state index contributed by atoms with van der Waals surface area (Å²) in [5.74, 6) is -5.48. The van der Waals surface area contributed by atoms with Crippen LogP contribution in [0.2, 0.25) is 0 Å². The number of nitro groups is 1. The molecule has 9 heteroatoms. The summed E-state index contributed by atoms with van der Waals surface area (Å²) in [5.41, 5.74) is 1.33. The standard InChI is InChI=1S/C44H32N2O7/c47-36-22-15-26-11-7-8-14-30(26)39(36)40-31-20-21-32-38(43(51)45(42(32)50)28-16-18-29(19-17-28)46(52)53)34(31)23-35-41(49)33(25-9-3-1-4-10-25)24-37(48)44(35,40)27-12-5-2-6-13-27/h1-20,22,24,32,34-35,38,40,47H,21,23H2/t32-,34+,35-,38-,40+,44-/m0/s1. The molecule has 2 amide bonds. The maximum Gasteiger partial charge on any atom is 0.269 e. The number of aromatic hydroxyl groups is 1. The van der Waals surface area contributed by atoms with Gasteiger partial charge in [0.05, 0.1) is 27.9 Å². The molecule has 1 saturated heterocycles. The van der Waals surface area contributed by atoms with Crippen molar-refractivity contribution in [3.05, 3.63) is 166 Å². The summed E-state index contributed by atoms with van der Waals surface area (Å²) in [6.07, 6.45) is 3.74.